The summed E-state index contributed by atoms with van der Waals surface area (Å²) in [6.45, 7) is 4.32. The van der Waals surface area contributed by atoms with Crippen molar-refractivity contribution >= 4 is 6.29 Å². The van der Waals surface area contributed by atoms with E-state index in [1.807, 2.05) is 6.08 Å². The third-order valence-electron chi connectivity index (χ3n) is 1.01. The molecule has 52 valence electrons. The Hall–Kier alpha value is -0.590. The first kappa shape index (κ1) is 8.41. The highest BCUT2D eigenvalue weighted by molar-refractivity contribution is 5.51. The molecule has 1 heteroatoms. The molecular formula is C8H14O. The van der Waals surface area contributed by atoms with Gasteiger partial charge in [-0.1, -0.05) is 26.0 Å². The van der Waals surface area contributed by atoms with E-state index in [9.17, 15) is 4.79 Å². The predicted octanol–water partition coefficient (Wildman–Crippen LogP) is 2.18. The van der Waals surface area contributed by atoms with Gasteiger partial charge in [-0.15, -0.1) is 0 Å². The molecule has 0 amide bonds. The van der Waals surface area contributed by atoms with Gasteiger partial charge in [0.05, 0.1) is 0 Å². The highest BCUT2D eigenvalue weighted by Crippen LogP contribution is 1.99. The maximum atomic E-state index is 9.80. The van der Waals surface area contributed by atoms with Crippen molar-refractivity contribution in [2.45, 2.75) is 26.7 Å². The van der Waals surface area contributed by atoms with Crippen molar-refractivity contribution in [3.8, 4) is 0 Å². The van der Waals surface area contributed by atoms with Crippen molar-refractivity contribution in [2.24, 2.45) is 5.92 Å². The zero-order valence-electron chi connectivity index (χ0n) is 6.13. The minimum absolute atomic E-state index is 0.562. The Labute approximate surface area is 56.8 Å². The smallest absolute Gasteiger partial charge is 0.123 e. The van der Waals surface area contributed by atoms with Crippen LogP contribution in [0.2, 0.25) is 0 Å². The van der Waals surface area contributed by atoms with E-state index in [-0.39, 0.29) is 0 Å². The number of rotatable bonds is 4. The molecular weight excluding hydrogens is 112 g/mol. The summed E-state index contributed by atoms with van der Waals surface area (Å²) >= 11 is 0. The Kier molecular flexibility index (Phi) is 5.18. The Bertz CT molecular complexity index is 92.7. The number of carbonyl (C=O) groups excluding carboxylic acids is 1. The van der Waals surface area contributed by atoms with Crippen LogP contribution in [0.3, 0.4) is 0 Å². The van der Waals surface area contributed by atoms with Crippen LogP contribution in [0, 0.1) is 5.92 Å². The third-order valence-corrected chi connectivity index (χ3v) is 1.01. The van der Waals surface area contributed by atoms with E-state index in [1.54, 1.807) is 0 Å². The molecule has 0 saturated heterocycles. The first-order valence-corrected chi connectivity index (χ1v) is 3.36. The molecule has 0 aromatic heterocycles. The van der Waals surface area contributed by atoms with Crippen molar-refractivity contribution in [3.05, 3.63) is 12.2 Å². The van der Waals surface area contributed by atoms with Crippen LogP contribution in [-0.2, 0) is 4.79 Å². The normalized spacial score (nSPS) is 11.0. The average molecular weight is 126 g/mol. The monoisotopic (exact) mass is 126 g/mol. The summed E-state index contributed by atoms with van der Waals surface area (Å²) in [5.41, 5.74) is 0. The summed E-state index contributed by atoms with van der Waals surface area (Å²) < 4.78 is 0. The van der Waals surface area contributed by atoms with E-state index in [0.29, 0.717) is 12.3 Å². The van der Waals surface area contributed by atoms with Crippen molar-refractivity contribution in [1.29, 1.82) is 0 Å². The summed E-state index contributed by atoms with van der Waals surface area (Å²) in [5.74, 6) is 0.702. The average Bonchev–Trinajstić information content (AvgIpc) is 1.80. The molecule has 0 saturated carbocycles. The van der Waals surface area contributed by atoms with Crippen LogP contribution < -0.4 is 0 Å². The van der Waals surface area contributed by atoms with Crippen molar-refractivity contribution < 1.29 is 4.79 Å². The molecule has 0 heterocycles. The van der Waals surface area contributed by atoms with Crippen molar-refractivity contribution in [3.63, 3.8) is 0 Å². The first-order valence-electron chi connectivity index (χ1n) is 3.36. The number of carbonyl (C=O) groups is 1. The molecule has 9 heavy (non-hydrogen) atoms. The van der Waals surface area contributed by atoms with Gasteiger partial charge in [0.1, 0.15) is 6.29 Å². The lowest BCUT2D eigenvalue weighted by molar-refractivity contribution is -0.107. The largest absolute Gasteiger partial charge is 0.303 e. The maximum Gasteiger partial charge on any atom is 0.123 e. The molecule has 0 spiro atoms. The van der Waals surface area contributed by atoms with Crippen LogP contribution in [0.4, 0.5) is 0 Å². The van der Waals surface area contributed by atoms with Crippen LogP contribution >= 0.6 is 0 Å². The molecule has 0 atom stereocenters. The topological polar surface area (TPSA) is 17.1 Å². The molecule has 0 fully saturated rings. The molecule has 0 aliphatic carbocycles. The van der Waals surface area contributed by atoms with Gasteiger partial charge in [-0.25, -0.2) is 0 Å². The van der Waals surface area contributed by atoms with E-state index in [2.05, 4.69) is 19.9 Å². The molecule has 0 bridgehead atoms. The second kappa shape index (κ2) is 5.54. The summed E-state index contributed by atoms with van der Waals surface area (Å²) in [6.07, 6.45) is 6.52. The Morgan fingerprint density at radius 3 is 2.44 bits per heavy atom. The fourth-order valence-corrected chi connectivity index (χ4v) is 0.520. The van der Waals surface area contributed by atoms with Gasteiger partial charge < -0.3 is 4.79 Å². The minimum atomic E-state index is 0.562. The fraction of sp³-hybridized carbons (Fsp3) is 0.625. The van der Waals surface area contributed by atoms with E-state index >= 15 is 0 Å². The number of allylic oxidation sites excluding steroid dienone is 2. The highest BCUT2D eigenvalue weighted by atomic mass is 16.1. The summed E-state index contributed by atoms with van der Waals surface area (Å²) in [6, 6.07) is 0. The van der Waals surface area contributed by atoms with E-state index in [4.69, 9.17) is 0 Å². The lowest BCUT2D eigenvalue weighted by Crippen LogP contribution is -1.80. The van der Waals surface area contributed by atoms with Gasteiger partial charge in [-0.05, 0) is 12.3 Å². The van der Waals surface area contributed by atoms with Gasteiger partial charge in [-0.2, -0.15) is 0 Å². The lowest BCUT2D eigenvalue weighted by Gasteiger charge is -1.94. The third kappa shape index (κ3) is 7.41. The van der Waals surface area contributed by atoms with Crippen LogP contribution in [0.25, 0.3) is 0 Å². The van der Waals surface area contributed by atoms with E-state index in [0.717, 1.165) is 12.7 Å². The predicted molar refractivity (Wildman–Crippen MR) is 39.3 cm³/mol. The molecule has 0 aliphatic rings. The molecule has 0 rings (SSSR count). The van der Waals surface area contributed by atoms with Crippen LogP contribution in [0.1, 0.15) is 26.7 Å². The van der Waals surface area contributed by atoms with Crippen LogP contribution in [0.5, 0.6) is 0 Å². The first-order chi connectivity index (χ1) is 4.27. The van der Waals surface area contributed by atoms with Gasteiger partial charge in [0, 0.05) is 6.42 Å². The van der Waals surface area contributed by atoms with Gasteiger partial charge in [0.25, 0.3) is 0 Å². The van der Waals surface area contributed by atoms with Gasteiger partial charge in [0.15, 0.2) is 0 Å². The van der Waals surface area contributed by atoms with E-state index in [1.165, 1.54) is 0 Å². The number of hydrogen-bond donors (Lipinski definition) is 0. The second-order valence-electron chi connectivity index (χ2n) is 2.50. The summed E-state index contributed by atoms with van der Waals surface area (Å²) in [4.78, 5) is 9.80. The lowest BCUT2D eigenvalue weighted by atomic mass is 10.1. The fourth-order valence-electron chi connectivity index (χ4n) is 0.520. The molecule has 0 aromatic carbocycles. The maximum absolute atomic E-state index is 9.80. The Morgan fingerprint density at radius 1 is 1.33 bits per heavy atom. The quantitative estimate of drug-likeness (QED) is 0.417. The van der Waals surface area contributed by atoms with Crippen LogP contribution in [-0.4, -0.2) is 6.29 Å². The van der Waals surface area contributed by atoms with E-state index < -0.39 is 0 Å². The SMILES string of the molecule is CC(C)CC=CCC=O. The van der Waals surface area contributed by atoms with Crippen molar-refractivity contribution in [1.82, 2.24) is 0 Å². The molecule has 0 unspecified atom stereocenters. The minimum Gasteiger partial charge on any atom is -0.303 e. The van der Waals surface area contributed by atoms with Gasteiger partial charge in [0.2, 0.25) is 0 Å². The number of aldehydes is 1. The summed E-state index contributed by atoms with van der Waals surface area (Å²) in [7, 11) is 0. The Balaban J connectivity index is 3.14. The van der Waals surface area contributed by atoms with Crippen LogP contribution in [0.15, 0.2) is 12.2 Å². The molecule has 0 aromatic rings. The zero-order valence-corrected chi connectivity index (χ0v) is 6.13. The molecule has 0 N–H and O–H groups in total. The zero-order chi connectivity index (χ0) is 7.11. The highest BCUT2D eigenvalue weighted by Gasteiger charge is 1.85. The van der Waals surface area contributed by atoms with Gasteiger partial charge >= 0.3 is 0 Å². The summed E-state index contributed by atoms with van der Waals surface area (Å²) in [5, 5.41) is 0. The molecule has 1 nitrogen and oxygen atoms in total. The van der Waals surface area contributed by atoms with Crippen molar-refractivity contribution in [2.75, 3.05) is 0 Å². The Morgan fingerprint density at radius 2 is 2.00 bits per heavy atom. The molecule has 0 radical (unpaired) electrons. The van der Waals surface area contributed by atoms with Gasteiger partial charge in [-0.3, -0.25) is 0 Å². The standard InChI is InChI=1S/C8H14O/c1-8(2)6-4-3-5-7-9/h3-4,7-8H,5-6H2,1-2H3. The number of hydrogen-bond acceptors (Lipinski definition) is 1. The second-order valence-corrected chi connectivity index (χ2v) is 2.50. The molecule has 0 aliphatic heterocycles.